The molecule has 12 heavy (non-hydrogen) atoms. The van der Waals surface area contributed by atoms with Crippen molar-refractivity contribution in [3.8, 4) is 0 Å². The second-order valence-electron chi connectivity index (χ2n) is 2.35. The lowest BCUT2D eigenvalue weighted by Crippen LogP contribution is -1.86. The van der Waals surface area contributed by atoms with Crippen LogP contribution in [0.1, 0.15) is 15.6 Å². The lowest BCUT2D eigenvalue weighted by Gasteiger charge is -1.84. The Kier molecular flexibility index (Phi) is 2.60. The van der Waals surface area contributed by atoms with Gasteiger partial charge in [0.15, 0.2) is 0 Å². The van der Waals surface area contributed by atoms with E-state index in [1.54, 1.807) is 11.3 Å². The fourth-order valence-corrected chi connectivity index (χ4v) is 1.66. The third kappa shape index (κ3) is 2.17. The first-order valence-corrected chi connectivity index (χ1v) is 4.26. The highest BCUT2D eigenvalue weighted by molar-refractivity contribution is 7.11. The van der Waals surface area contributed by atoms with Crippen LogP contribution in [-0.2, 0) is 4.79 Å². The van der Waals surface area contributed by atoms with Crippen molar-refractivity contribution in [1.29, 1.82) is 0 Å². The fraction of sp³-hybridized carbons (Fsp3) is 0.250. The summed E-state index contributed by atoms with van der Waals surface area (Å²) in [5.41, 5.74) is 0.750. The van der Waals surface area contributed by atoms with Crippen LogP contribution < -0.4 is 0 Å². The van der Waals surface area contributed by atoms with Crippen LogP contribution in [0.2, 0.25) is 0 Å². The SMILES string of the molecule is Cc1nc(/C=C/C(=O)O)c(C)s1. The van der Waals surface area contributed by atoms with Gasteiger partial charge in [-0.3, -0.25) is 0 Å². The van der Waals surface area contributed by atoms with Crippen LogP contribution in [0.3, 0.4) is 0 Å². The van der Waals surface area contributed by atoms with E-state index < -0.39 is 5.97 Å². The van der Waals surface area contributed by atoms with Crippen molar-refractivity contribution in [2.24, 2.45) is 0 Å². The number of hydrogen-bond donors (Lipinski definition) is 1. The molecule has 1 N–H and O–H groups in total. The highest BCUT2D eigenvalue weighted by Gasteiger charge is 2.00. The molecule has 0 spiro atoms. The normalized spacial score (nSPS) is 10.8. The van der Waals surface area contributed by atoms with Crippen LogP contribution in [0.5, 0.6) is 0 Å². The van der Waals surface area contributed by atoms with Crippen LogP contribution >= 0.6 is 11.3 Å². The van der Waals surface area contributed by atoms with Crippen molar-refractivity contribution in [2.75, 3.05) is 0 Å². The van der Waals surface area contributed by atoms with Crippen LogP contribution in [0, 0.1) is 13.8 Å². The van der Waals surface area contributed by atoms with E-state index >= 15 is 0 Å². The predicted molar refractivity (Wildman–Crippen MR) is 48.3 cm³/mol. The molecule has 0 aromatic carbocycles. The van der Waals surface area contributed by atoms with Crippen molar-refractivity contribution >= 4 is 23.4 Å². The van der Waals surface area contributed by atoms with Gasteiger partial charge in [-0.2, -0.15) is 0 Å². The minimum atomic E-state index is -0.944. The number of carboxylic acid groups (broad SMARTS) is 1. The topological polar surface area (TPSA) is 50.2 Å². The molecular formula is C8H9NO2S. The number of carboxylic acids is 1. The van der Waals surface area contributed by atoms with Crippen molar-refractivity contribution < 1.29 is 9.90 Å². The number of aromatic nitrogens is 1. The molecule has 0 atom stereocenters. The number of nitrogens with zero attached hydrogens (tertiary/aromatic N) is 1. The molecule has 0 unspecified atom stereocenters. The Morgan fingerprint density at radius 3 is 2.67 bits per heavy atom. The van der Waals surface area contributed by atoms with Crippen LogP contribution in [-0.4, -0.2) is 16.1 Å². The fourth-order valence-electron chi connectivity index (χ4n) is 0.850. The van der Waals surface area contributed by atoms with Gasteiger partial charge in [-0.1, -0.05) is 0 Å². The second-order valence-corrected chi connectivity index (χ2v) is 3.75. The molecule has 0 bridgehead atoms. The smallest absolute Gasteiger partial charge is 0.328 e. The van der Waals surface area contributed by atoms with Crippen molar-refractivity contribution in [3.63, 3.8) is 0 Å². The van der Waals surface area contributed by atoms with Gasteiger partial charge >= 0.3 is 5.97 Å². The molecule has 1 aromatic rings. The summed E-state index contributed by atoms with van der Waals surface area (Å²) in [6.45, 7) is 3.82. The summed E-state index contributed by atoms with van der Waals surface area (Å²) in [5, 5.41) is 9.32. The summed E-state index contributed by atoms with van der Waals surface area (Å²) in [4.78, 5) is 15.4. The van der Waals surface area contributed by atoms with E-state index in [2.05, 4.69) is 4.98 Å². The minimum Gasteiger partial charge on any atom is -0.478 e. The monoisotopic (exact) mass is 183 g/mol. The van der Waals surface area contributed by atoms with E-state index in [0.717, 1.165) is 21.7 Å². The van der Waals surface area contributed by atoms with E-state index in [4.69, 9.17) is 5.11 Å². The van der Waals surface area contributed by atoms with Crippen LogP contribution in [0.15, 0.2) is 6.08 Å². The first kappa shape index (κ1) is 8.93. The molecule has 0 aliphatic rings. The van der Waals surface area contributed by atoms with E-state index in [1.165, 1.54) is 6.08 Å². The minimum absolute atomic E-state index is 0.750. The molecule has 64 valence electrons. The summed E-state index contributed by atoms with van der Waals surface area (Å²) in [7, 11) is 0. The van der Waals surface area contributed by atoms with E-state index in [1.807, 2.05) is 13.8 Å². The molecule has 1 heterocycles. The van der Waals surface area contributed by atoms with Crippen LogP contribution in [0.4, 0.5) is 0 Å². The Bertz CT molecular complexity index is 328. The molecule has 0 radical (unpaired) electrons. The van der Waals surface area contributed by atoms with Gasteiger partial charge in [0.2, 0.25) is 0 Å². The largest absolute Gasteiger partial charge is 0.478 e. The van der Waals surface area contributed by atoms with E-state index in [0.29, 0.717) is 0 Å². The highest BCUT2D eigenvalue weighted by atomic mass is 32.1. The van der Waals surface area contributed by atoms with E-state index in [-0.39, 0.29) is 0 Å². The Hall–Kier alpha value is -1.16. The molecule has 0 aliphatic heterocycles. The number of hydrogen-bond acceptors (Lipinski definition) is 3. The van der Waals surface area contributed by atoms with Gasteiger partial charge in [0.05, 0.1) is 10.7 Å². The molecule has 0 saturated carbocycles. The lowest BCUT2D eigenvalue weighted by molar-refractivity contribution is -0.131. The third-order valence-corrected chi connectivity index (χ3v) is 2.23. The van der Waals surface area contributed by atoms with Gasteiger partial charge in [-0.05, 0) is 19.9 Å². The number of aryl methyl sites for hydroxylation is 2. The molecule has 1 rings (SSSR count). The zero-order chi connectivity index (χ0) is 9.14. The number of carbonyl (C=O) groups is 1. The summed E-state index contributed by atoms with van der Waals surface area (Å²) >= 11 is 1.57. The summed E-state index contributed by atoms with van der Waals surface area (Å²) in [5.74, 6) is -0.944. The molecule has 1 aromatic heterocycles. The Balaban J connectivity index is 2.89. The lowest BCUT2D eigenvalue weighted by atomic mass is 10.3. The molecule has 0 aliphatic carbocycles. The van der Waals surface area contributed by atoms with E-state index in [9.17, 15) is 4.79 Å². The Morgan fingerprint density at radius 2 is 2.25 bits per heavy atom. The zero-order valence-electron chi connectivity index (χ0n) is 6.87. The van der Waals surface area contributed by atoms with Crippen molar-refractivity contribution in [1.82, 2.24) is 4.98 Å². The van der Waals surface area contributed by atoms with Crippen molar-refractivity contribution in [2.45, 2.75) is 13.8 Å². The standard InChI is InChI=1S/C8H9NO2S/c1-5-7(3-4-8(10)11)9-6(2)12-5/h3-4H,1-2H3,(H,10,11)/b4-3+. The maximum atomic E-state index is 10.2. The zero-order valence-corrected chi connectivity index (χ0v) is 7.68. The van der Waals surface area contributed by atoms with Gasteiger partial charge in [-0.25, -0.2) is 9.78 Å². The van der Waals surface area contributed by atoms with Crippen molar-refractivity contribution in [3.05, 3.63) is 21.7 Å². The molecule has 3 nitrogen and oxygen atoms in total. The molecule has 4 heteroatoms. The van der Waals surface area contributed by atoms with Gasteiger partial charge < -0.3 is 5.11 Å². The predicted octanol–water partition coefficient (Wildman–Crippen LogP) is 1.86. The Labute approximate surface area is 74.4 Å². The number of aliphatic carboxylic acids is 1. The summed E-state index contributed by atoms with van der Waals surface area (Å²) in [6.07, 6.45) is 2.61. The van der Waals surface area contributed by atoms with Crippen LogP contribution in [0.25, 0.3) is 6.08 Å². The van der Waals surface area contributed by atoms with Gasteiger partial charge in [-0.15, -0.1) is 11.3 Å². The number of rotatable bonds is 2. The summed E-state index contributed by atoms with van der Waals surface area (Å²) in [6, 6.07) is 0. The van der Waals surface area contributed by atoms with Gasteiger partial charge in [0.25, 0.3) is 0 Å². The first-order chi connectivity index (χ1) is 5.59. The molecule has 0 amide bonds. The Morgan fingerprint density at radius 1 is 1.58 bits per heavy atom. The third-order valence-electron chi connectivity index (χ3n) is 1.32. The maximum Gasteiger partial charge on any atom is 0.328 e. The second kappa shape index (κ2) is 3.49. The molecule has 0 saturated heterocycles. The van der Waals surface area contributed by atoms with Gasteiger partial charge in [0.1, 0.15) is 0 Å². The number of thiazole rings is 1. The quantitative estimate of drug-likeness (QED) is 0.712. The first-order valence-electron chi connectivity index (χ1n) is 3.44. The summed E-state index contributed by atoms with van der Waals surface area (Å²) < 4.78 is 0. The average molecular weight is 183 g/mol. The maximum absolute atomic E-state index is 10.2. The van der Waals surface area contributed by atoms with Gasteiger partial charge in [0, 0.05) is 11.0 Å². The molecular weight excluding hydrogens is 174 g/mol. The molecule has 0 fully saturated rings. The highest BCUT2D eigenvalue weighted by Crippen LogP contribution is 2.17. The average Bonchev–Trinajstić information content (AvgIpc) is 2.26.